The van der Waals surface area contributed by atoms with Crippen LogP contribution in [0.1, 0.15) is 42.3 Å². The van der Waals surface area contributed by atoms with E-state index in [0.29, 0.717) is 30.2 Å². The van der Waals surface area contributed by atoms with Crippen molar-refractivity contribution in [2.45, 2.75) is 38.5 Å². The summed E-state index contributed by atoms with van der Waals surface area (Å²) in [5.74, 6) is -0.552. The van der Waals surface area contributed by atoms with Crippen LogP contribution in [0.15, 0.2) is 89.5 Å². The van der Waals surface area contributed by atoms with Crippen LogP contribution in [0.25, 0.3) is 33.7 Å². The van der Waals surface area contributed by atoms with Crippen LogP contribution in [-0.4, -0.2) is 22.7 Å². The zero-order valence-electron chi connectivity index (χ0n) is 22.8. The van der Waals surface area contributed by atoms with Crippen molar-refractivity contribution in [2.75, 3.05) is 6.61 Å². The smallest absolute Gasteiger partial charge is 0.316 e. The molecule has 0 saturated heterocycles. The Morgan fingerprint density at radius 3 is 2.29 bits per heavy atom. The Kier molecular flexibility index (Phi) is 6.95. The maximum atomic E-state index is 14.4. The zero-order valence-corrected chi connectivity index (χ0v) is 22.8. The second-order valence-corrected chi connectivity index (χ2v) is 10.3. The lowest BCUT2D eigenvalue weighted by molar-refractivity contribution is -0.146. The summed E-state index contributed by atoms with van der Waals surface area (Å²) in [5, 5.41) is 4.19. The first-order chi connectivity index (χ1) is 19.9. The zero-order chi connectivity index (χ0) is 28.6. The summed E-state index contributed by atoms with van der Waals surface area (Å²) in [6, 6.07) is 24.7. The van der Waals surface area contributed by atoms with Gasteiger partial charge in [-0.25, -0.2) is 8.78 Å². The van der Waals surface area contributed by atoms with E-state index in [0.717, 1.165) is 64.6 Å². The number of hydrogen-bond acceptors (Lipinski definition) is 5. The van der Waals surface area contributed by atoms with E-state index in [1.807, 2.05) is 68.4 Å². The Hall–Kier alpha value is -4.65. The van der Waals surface area contributed by atoms with Crippen molar-refractivity contribution in [1.29, 1.82) is 0 Å². The van der Waals surface area contributed by atoms with Crippen molar-refractivity contribution in [3.05, 3.63) is 119 Å². The van der Waals surface area contributed by atoms with Gasteiger partial charge in [0.05, 0.1) is 23.4 Å². The van der Waals surface area contributed by atoms with E-state index < -0.39 is 17.0 Å². The van der Waals surface area contributed by atoms with Crippen LogP contribution in [0.3, 0.4) is 0 Å². The van der Waals surface area contributed by atoms with Crippen molar-refractivity contribution in [3.63, 3.8) is 0 Å². The minimum atomic E-state index is -0.529. The van der Waals surface area contributed by atoms with E-state index in [1.54, 1.807) is 12.1 Å². The summed E-state index contributed by atoms with van der Waals surface area (Å²) in [5.41, 5.74) is 6.23. The Bertz CT molecular complexity index is 1720. The molecule has 0 unspecified atom stereocenters. The molecule has 0 N–H and O–H groups in total. The lowest BCUT2D eigenvalue weighted by Crippen LogP contribution is -2.23. The molecule has 1 fully saturated rings. The lowest BCUT2D eigenvalue weighted by atomic mass is 9.93. The number of halogens is 2. The molecule has 0 amide bonds. The summed E-state index contributed by atoms with van der Waals surface area (Å²) in [6.45, 7) is 4.09. The Balaban J connectivity index is 1.22. The van der Waals surface area contributed by atoms with Gasteiger partial charge in [0, 0.05) is 28.8 Å². The molecular formula is C34H28F2N2O3. The number of hydrogen-bond donors (Lipinski definition) is 0. The second kappa shape index (κ2) is 10.7. The number of aromatic nitrogens is 2. The normalized spacial score (nSPS) is 13.7. The maximum Gasteiger partial charge on any atom is 0.316 e. The Morgan fingerprint density at radius 2 is 1.61 bits per heavy atom. The second-order valence-electron chi connectivity index (χ2n) is 10.3. The minimum absolute atomic E-state index is 0.117. The van der Waals surface area contributed by atoms with E-state index in [4.69, 9.17) is 9.26 Å². The molecule has 41 heavy (non-hydrogen) atoms. The maximum absolute atomic E-state index is 14.4. The van der Waals surface area contributed by atoms with Crippen LogP contribution in [0.5, 0.6) is 0 Å². The van der Waals surface area contributed by atoms with Gasteiger partial charge in [-0.1, -0.05) is 59.8 Å². The highest BCUT2D eigenvalue weighted by Gasteiger charge is 2.52. The number of ether oxygens (including phenoxy) is 1. The van der Waals surface area contributed by atoms with Crippen LogP contribution in [0, 0.1) is 18.6 Å². The molecule has 206 valence electrons. The first-order valence-corrected chi connectivity index (χ1v) is 13.6. The first-order valence-electron chi connectivity index (χ1n) is 13.6. The number of esters is 1. The molecule has 6 rings (SSSR count). The van der Waals surface area contributed by atoms with Crippen LogP contribution < -0.4 is 0 Å². The molecule has 0 aliphatic heterocycles. The molecule has 5 aromatic rings. The summed E-state index contributed by atoms with van der Waals surface area (Å²) < 4.78 is 39.1. The number of benzene rings is 3. The van der Waals surface area contributed by atoms with E-state index in [-0.39, 0.29) is 11.5 Å². The number of nitrogens with zero attached hydrogens (tertiary/aromatic N) is 2. The van der Waals surface area contributed by atoms with Gasteiger partial charge in [0.25, 0.3) is 0 Å². The molecule has 0 spiro atoms. The van der Waals surface area contributed by atoms with Crippen LogP contribution in [0.4, 0.5) is 8.78 Å². The fourth-order valence-electron chi connectivity index (χ4n) is 5.23. The third-order valence-corrected chi connectivity index (χ3v) is 7.69. The number of aryl methyl sites for hydroxylation is 1. The third kappa shape index (κ3) is 5.15. The van der Waals surface area contributed by atoms with Crippen molar-refractivity contribution < 1.29 is 22.8 Å². The van der Waals surface area contributed by atoms with E-state index in [9.17, 15) is 13.6 Å². The molecule has 0 radical (unpaired) electrons. The predicted octanol–water partition coefficient (Wildman–Crippen LogP) is 7.84. The molecular weight excluding hydrogens is 522 g/mol. The monoisotopic (exact) mass is 550 g/mol. The molecule has 3 aromatic carbocycles. The van der Waals surface area contributed by atoms with Gasteiger partial charge < -0.3 is 9.26 Å². The van der Waals surface area contributed by atoms with Crippen LogP contribution in [0.2, 0.25) is 0 Å². The van der Waals surface area contributed by atoms with Crippen molar-refractivity contribution in [1.82, 2.24) is 10.1 Å². The van der Waals surface area contributed by atoms with Crippen molar-refractivity contribution in [2.24, 2.45) is 0 Å². The van der Waals surface area contributed by atoms with Gasteiger partial charge in [-0.3, -0.25) is 9.78 Å². The summed E-state index contributed by atoms with van der Waals surface area (Å²) in [6.07, 6.45) is 2.06. The van der Waals surface area contributed by atoms with Gasteiger partial charge in [0.2, 0.25) is 0 Å². The molecule has 1 aliphatic rings. The minimum Gasteiger partial charge on any atom is -0.465 e. The largest absolute Gasteiger partial charge is 0.465 e. The molecule has 0 bridgehead atoms. The van der Waals surface area contributed by atoms with Gasteiger partial charge in [-0.15, -0.1) is 0 Å². The molecule has 5 nitrogen and oxygen atoms in total. The van der Waals surface area contributed by atoms with Crippen molar-refractivity contribution in [3.8, 4) is 33.7 Å². The standard InChI is InChI=1S/C34H28F2N2O3/c1-3-40-33(39)34(17-18-34)25-13-11-23(12-14-25)22-7-9-24(10-8-22)32-28(21(2)38-41-32)20-27-5-4-6-31(37-27)29-19-26(35)15-16-30(29)36/h4-16,19H,3,17-18,20H2,1-2H3. The SMILES string of the molecule is CCOC(=O)C1(c2ccc(-c3ccc(-c4onc(C)c4Cc4cccc(-c5cc(F)ccc5F)n4)cc3)cc2)CC1. The van der Waals surface area contributed by atoms with E-state index in [2.05, 4.69) is 10.1 Å². The number of pyridine rings is 1. The Morgan fingerprint density at radius 1 is 0.927 bits per heavy atom. The van der Waals surface area contributed by atoms with Gasteiger partial charge >= 0.3 is 5.97 Å². The van der Waals surface area contributed by atoms with Gasteiger partial charge in [0.15, 0.2) is 5.76 Å². The van der Waals surface area contributed by atoms with Gasteiger partial charge in [-0.2, -0.15) is 0 Å². The average molecular weight is 551 g/mol. The fraction of sp³-hybridized carbons (Fsp3) is 0.206. The quantitative estimate of drug-likeness (QED) is 0.184. The highest BCUT2D eigenvalue weighted by atomic mass is 19.1. The highest BCUT2D eigenvalue weighted by Crippen LogP contribution is 2.49. The van der Waals surface area contributed by atoms with Gasteiger partial charge in [-0.05, 0) is 73.7 Å². The molecule has 1 saturated carbocycles. The first kappa shape index (κ1) is 26.6. The number of carbonyl (C=O) groups excluding carboxylic acids is 1. The van der Waals surface area contributed by atoms with Gasteiger partial charge in [0.1, 0.15) is 11.6 Å². The fourth-order valence-corrected chi connectivity index (χ4v) is 5.23. The van der Waals surface area contributed by atoms with E-state index in [1.165, 1.54) is 0 Å². The molecule has 1 aliphatic carbocycles. The predicted molar refractivity (Wildman–Crippen MR) is 152 cm³/mol. The molecule has 0 atom stereocenters. The highest BCUT2D eigenvalue weighted by molar-refractivity contribution is 5.87. The summed E-state index contributed by atoms with van der Waals surface area (Å²) >= 11 is 0. The molecule has 7 heteroatoms. The third-order valence-electron chi connectivity index (χ3n) is 7.69. The van der Waals surface area contributed by atoms with Crippen molar-refractivity contribution >= 4 is 5.97 Å². The summed E-state index contributed by atoms with van der Waals surface area (Å²) in [7, 11) is 0. The topological polar surface area (TPSA) is 65.2 Å². The number of rotatable bonds is 8. The molecule has 2 aromatic heterocycles. The lowest BCUT2D eigenvalue weighted by Gasteiger charge is -2.14. The van der Waals surface area contributed by atoms with Crippen LogP contribution >= 0.6 is 0 Å². The average Bonchev–Trinajstić information content (AvgIpc) is 3.73. The van der Waals surface area contributed by atoms with Crippen LogP contribution in [-0.2, 0) is 21.4 Å². The summed E-state index contributed by atoms with van der Waals surface area (Å²) in [4.78, 5) is 17.0. The molecule has 2 heterocycles. The van der Waals surface area contributed by atoms with E-state index >= 15 is 0 Å². The Labute approximate surface area is 236 Å². The number of carbonyl (C=O) groups is 1.